The average molecular weight is 290 g/mol. The van der Waals surface area contributed by atoms with Gasteiger partial charge in [0.15, 0.2) is 0 Å². The molecule has 0 bridgehead atoms. The molecule has 1 atom stereocenters. The van der Waals surface area contributed by atoms with Crippen LogP contribution in [0.15, 0.2) is 35.7 Å². The smallest absolute Gasteiger partial charge is 0.270 e. The highest BCUT2D eigenvalue weighted by molar-refractivity contribution is 7.09. The number of thiazole rings is 1. The molecule has 2 rings (SSSR count). The molecule has 0 spiro atoms. The van der Waals surface area contributed by atoms with Gasteiger partial charge in [0.1, 0.15) is 5.69 Å². The second-order valence-corrected chi connectivity index (χ2v) is 5.62. The Hall–Kier alpha value is -1.72. The first-order chi connectivity index (χ1) is 9.69. The lowest BCUT2D eigenvalue weighted by Gasteiger charge is -2.10. The molecule has 106 valence electrons. The molecule has 5 heteroatoms. The van der Waals surface area contributed by atoms with Gasteiger partial charge in [0, 0.05) is 24.4 Å². The molecule has 1 amide bonds. The summed E-state index contributed by atoms with van der Waals surface area (Å²) in [5, 5.41) is 14.3. The van der Waals surface area contributed by atoms with E-state index < -0.39 is 0 Å². The van der Waals surface area contributed by atoms with E-state index in [2.05, 4.69) is 10.3 Å². The first-order valence-electron chi connectivity index (χ1n) is 6.59. The van der Waals surface area contributed by atoms with E-state index in [1.165, 1.54) is 16.9 Å². The molecule has 0 saturated heterocycles. The predicted octanol–water partition coefficient (Wildman–Crippen LogP) is 2.23. The van der Waals surface area contributed by atoms with Crippen molar-refractivity contribution in [2.45, 2.75) is 25.8 Å². The Morgan fingerprint density at radius 3 is 2.85 bits per heavy atom. The van der Waals surface area contributed by atoms with Gasteiger partial charge in [-0.2, -0.15) is 0 Å². The van der Waals surface area contributed by atoms with Gasteiger partial charge in [0.05, 0.1) is 5.01 Å². The fourth-order valence-electron chi connectivity index (χ4n) is 1.83. The lowest BCUT2D eigenvalue weighted by molar-refractivity contribution is 0.0930. The first kappa shape index (κ1) is 14.7. The highest BCUT2D eigenvalue weighted by atomic mass is 32.1. The van der Waals surface area contributed by atoms with Gasteiger partial charge in [-0.15, -0.1) is 11.3 Å². The number of benzene rings is 1. The molecule has 0 radical (unpaired) electrons. The molecule has 0 saturated carbocycles. The molecule has 0 unspecified atom stereocenters. The summed E-state index contributed by atoms with van der Waals surface area (Å²) in [5.74, 6) is -0.179. The lowest BCUT2D eigenvalue weighted by atomic mass is 10.2. The van der Waals surface area contributed by atoms with Crippen LogP contribution in [-0.2, 0) is 6.42 Å². The number of hydrogen-bond acceptors (Lipinski definition) is 4. The number of aliphatic hydroxyl groups is 1. The van der Waals surface area contributed by atoms with Crippen molar-refractivity contribution >= 4 is 17.2 Å². The minimum absolute atomic E-state index is 0.0493. The van der Waals surface area contributed by atoms with Crippen molar-refractivity contribution < 1.29 is 9.90 Å². The fourth-order valence-corrected chi connectivity index (χ4v) is 2.64. The third-order valence-electron chi connectivity index (χ3n) is 2.92. The van der Waals surface area contributed by atoms with Crippen molar-refractivity contribution in [3.8, 4) is 0 Å². The summed E-state index contributed by atoms with van der Waals surface area (Å²) in [6, 6.07) is 10.0. The summed E-state index contributed by atoms with van der Waals surface area (Å²) >= 11 is 1.49. The van der Waals surface area contributed by atoms with E-state index in [1.807, 2.05) is 37.3 Å². The van der Waals surface area contributed by atoms with Gasteiger partial charge in [0.25, 0.3) is 5.91 Å². The van der Waals surface area contributed by atoms with Crippen molar-refractivity contribution in [1.82, 2.24) is 10.3 Å². The first-order valence-corrected chi connectivity index (χ1v) is 7.47. The maximum Gasteiger partial charge on any atom is 0.270 e. The van der Waals surface area contributed by atoms with E-state index in [-0.39, 0.29) is 18.6 Å². The van der Waals surface area contributed by atoms with E-state index in [9.17, 15) is 4.79 Å². The molecule has 0 aliphatic carbocycles. The molecule has 2 N–H and O–H groups in total. The maximum absolute atomic E-state index is 11.9. The molecule has 1 aromatic heterocycles. The Morgan fingerprint density at radius 2 is 2.15 bits per heavy atom. The third kappa shape index (κ3) is 4.15. The standard InChI is InChI=1S/C15H18N2O2S/c1-11(7-8-18)16-15(19)13-10-20-14(17-13)9-12-5-3-2-4-6-12/h2-6,10-11,18H,7-9H2,1H3,(H,16,19)/t11-/m1/s1. The monoisotopic (exact) mass is 290 g/mol. The van der Waals surface area contributed by atoms with Crippen LogP contribution >= 0.6 is 11.3 Å². The van der Waals surface area contributed by atoms with Crippen LogP contribution in [0.25, 0.3) is 0 Å². The number of aromatic nitrogens is 1. The Morgan fingerprint density at radius 1 is 1.40 bits per heavy atom. The number of hydrogen-bond donors (Lipinski definition) is 2. The zero-order valence-electron chi connectivity index (χ0n) is 11.4. The Kier molecular flexibility index (Phi) is 5.26. The summed E-state index contributed by atoms with van der Waals surface area (Å²) in [4.78, 5) is 16.3. The molecule has 0 aliphatic rings. The summed E-state index contributed by atoms with van der Waals surface area (Å²) in [6.45, 7) is 1.93. The van der Waals surface area contributed by atoms with Crippen LogP contribution in [0.4, 0.5) is 0 Å². The van der Waals surface area contributed by atoms with E-state index in [0.29, 0.717) is 12.1 Å². The van der Waals surface area contributed by atoms with Gasteiger partial charge < -0.3 is 10.4 Å². The van der Waals surface area contributed by atoms with E-state index in [0.717, 1.165) is 11.4 Å². The second kappa shape index (κ2) is 7.17. The third-order valence-corrected chi connectivity index (χ3v) is 3.77. The van der Waals surface area contributed by atoms with Gasteiger partial charge in [0.2, 0.25) is 0 Å². The second-order valence-electron chi connectivity index (χ2n) is 4.68. The number of carbonyl (C=O) groups excluding carboxylic acids is 1. The summed E-state index contributed by atoms with van der Waals surface area (Å²) in [5.41, 5.74) is 1.63. The van der Waals surface area contributed by atoms with Gasteiger partial charge in [-0.3, -0.25) is 4.79 Å². The van der Waals surface area contributed by atoms with Crippen LogP contribution in [-0.4, -0.2) is 28.6 Å². The minimum atomic E-state index is -0.179. The summed E-state index contributed by atoms with van der Waals surface area (Å²) < 4.78 is 0. The highest BCUT2D eigenvalue weighted by Gasteiger charge is 2.13. The maximum atomic E-state index is 11.9. The normalized spacial score (nSPS) is 12.1. The average Bonchev–Trinajstić information content (AvgIpc) is 2.89. The molecule has 1 heterocycles. The number of nitrogens with one attached hydrogen (secondary N) is 1. The van der Waals surface area contributed by atoms with Crippen LogP contribution in [0.1, 0.15) is 34.4 Å². The molecular formula is C15H18N2O2S. The van der Waals surface area contributed by atoms with Crippen LogP contribution in [0, 0.1) is 0 Å². The zero-order valence-corrected chi connectivity index (χ0v) is 12.2. The van der Waals surface area contributed by atoms with E-state index in [1.54, 1.807) is 5.38 Å². The van der Waals surface area contributed by atoms with E-state index in [4.69, 9.17) is 5.11 Å². The van der Waals surface area contributed by atoms with Gasteiger partial charge >= 0.3 is 0 Å². The van der Waals surface area contributed by atoms with Gasteiger partial charge in [-0.1, -0.05) is 30.3 Å². The van der Waals surface area contributed by atoms with Crippen molar-refractivity contribution in [2.75, 3.05) is 6.61 Å². The number of rotatable bonds is 6. The Bertz CT molecular complexity index is 554. The Labute approximate surface area is 122 Å². The van der Waals surface area contributed by atoms with Crippen molar-refractivity contribution in [3.63, 3.8) is 0 Å². The van der Waals surface area contributed by atoms with Crippen LogP contribution in [0.2, 0.25) is 0 Å². The minimum Gasteiger partial charge on any atom is -0.396 e. The van der Waals surface area contributed by atoms with Crippen molar-refractivity contribution in [1.29, 1.82) is 0 Å². The Balaban J connectivity index is 1.96. The molecule has 4 nitrogen and oxygen atoms in total. The molecule has 1 aromatic carbocycles. The number of carbonyl (C=O) groups is 1. The topological polar surface area (TPSA) is 62.2 Å². The number of aliphatic hydroxyl groups excluding tert-OH is 1. The van der Waals surface area contributed by atoms with Crippen molar-refractivity contribution in [3.05, 3.63) is 52.0 Å². The fraction of sp³-hybridized carbons (Fsp3) is 0.333. The molecule has 20 heavy (non-hydrogen) atoms. The van der Waals surface area contributed by atoms with Gasteiger partial charge in [-0.05, 0) is 18.9 Å². The van der Waals surface area contributed by atoms with E-state index >= 15 is 0 Å². The van der Waals surface area contributed by atoms with Crippen molar-refractivity contribution in [2.24, 2.45) is 0 Å². The van der Waals surface area contributed by atoms with Crippen LogP contribution in [0.5, 0.6) is 0 Å². The molecule has 0 fully saturated rings. The number of amides is 1. The predicted molar refractivity (Wildman–Crippen MR) is 80.0 cm³/mol. The largest absolute Gasteiger partial charge is 0.396 e. The molecule has 0 aliphatic heterocycles. The highest BCUT2D eigenvalue weighted by Crippen LogP contribution is 2.14. The summed E-state index contributed by atoms with van der Waals surface area (Å²) in [6.07, 6.45) is 1.29. The SMILES string of the molecule is C[C@H](CCO)NC(=O)c1csc(Cc2ccccc2)n1. The molecule has 2 aromatic rings. The zero-order chi connectivity index (χ0) is 14.4. The number of nitrogens with zero attached hydrogens (tertiary/aromatic N) is 1. The summed E-state index contributed by atoms with van der Waals surface area (Å²) in [7, 11) is 0. The molecular weight excluding hydrogens is 272 g/mol. The lowest BCUT2D eigenvalue weighted by Crippen LogP contribution is -2.33. The quantitative estimate of drug-likeness (QED) is 0.857. The van der Waals surface area contributed by atoms with Crippen LogP contribution < -0.4 is 5.32 Å². The van der Waals surface area contributed by atoms with Gasteiger partial charge in [-0.25, -0.2) is 4.98 Å². The van der Waals surface area contributed by atoms with Crippen LogP contribution in [0.3, 0.4) is 0 Å².